The summed E-state index contributed by atoms with van der Waals surface area (Å²) in [6.07, 6.45) is 2.63. The number of piperidine rings is 1. The minimum Gasteiger partial charge on any atom is -0.312 e. The van der Waals surface area contributed by atoms with E-state index in [4.69, 9.17) is 11.6 Å². The monoisotopic (exact) mass is 294 g/mol. The smallest absolute Gasteiger partial charge is 0.0451 e. The summed E-state index contributed by atoms with van der Waals surface area (Å²) in [5, 5.41) is 4.53. The molecule has 0 bridgehead atoms. The van der Waals surface area contributed by atoms with Crippen LogP contribution in [0.1, 0.15) is 39.2 Å². The lowest BCUT2D eigenvalue weighted by Crippen LogP contribution is -2.44. The van der Waals surface area contributed by atoms with Gasteiger partial charge in [0, 0.05) is 23.7 Å². The average Bonchev–Trinajstić information content (AvgIpc) is 2.39. The van der Waals surface area contributed by atoms with E-state index in [1.165, 1.54) is 31.5 Å². The van der Waals surface area contributed by atoms with Gasteiger partial charge in [-0.1, -0.05) is 29.8 Å². The highest BCUT2D eigenvalue weighted by atomic mass is 35.5. The molecule has 0 aliphatic carbocycles. The zero-order valence-electron chi connectivity index (χ0n) is 13.0. The molecule has 1 N–H and O–H groups in total. The average molecular weight is 295 g/mol. The van der Waals surface area contributed by atoms with Crippen LogP contribution in [-0.2, 0) is 6.54 Å². The van der Waals surface area contributed by atoms with Crippen LogP contribution in [0.25, 0.3) is 0 Å². The van der Waals surface area contributed by atoms with E-state index in [9.17, 15) is 0 Å². The highest BCUT2D eigenvalue weighted by molar-refractivity contribution is 6.31. The minimum atomic E-state index is 0.213. The first-order valence-corrected chi connectivity index (χ1v) is 8.02. The first kappa shape index (κ1) is 15.8. The molecule has 20 heavy (non-hydrogen) atoms. The molecule has 1 fully saturated rings. The molecule has 0 spiro atoms. The van der Waals surface area contributed by atoms with E-state index in [2.05, 4.69) is 43.1 Å². The maximum Gasteiger partial charge on any atom is 0.0451 e. The van der Waals surface area contributed by atoms with E-state index in [1.807, 2.05) is 12.1 Å². The Balaban J connectivity index is 1.86. The van der Waals surface area contributed by atoms with Crippen LogP contribution in [-0.4, -0.2) is 30.1 Å². The number of nitrogens with zero attached hydrogens (tertiary/aromatic N) is 1. The zero-order chi connectivity index (χ0) is 14.6. The van der Waals surface area contributed by atoms with Crippen molar-refractivity contribution in [2.75, 3.05) is 19.6 Å². The fraction of sp³-hybridized carbons (Fsp3) is 0.647. The Hall–Kier alpha value is -0.570. The summed E-state index contributed by atoms with van der Waals surface area (Å²) in [4.78, 5) is 2.54. The molecule has 1 aromatic rings. The Morgan fingerprint density at radius 2 is 2.05 bits per heavy atom. The lowest BCUT2D eigenvalue weighted by atomic mass is 9.96. The van der Waals surface area contributed by atoms with Gasteiger partial charge in [-0.3, -0.25) is 4.90 Å². The SMILES string of the molecule is CC(C)(C)NCC1CCCN(Cc2ccccc2Cl)C1. The van der Waals surface area contributed by atoms with Crippen molar-refractivity contribution in [3.63, 3.8) is 0 Å². The summed E-state index contributed by atoms with van der Waals surface area (Å²) >= 11 is 6.26. The van der Waals surface area contributed by atoms with Crippen LogP contribution in [0, 0.1) is 5.92 Å². The largest absolute Gasteiger partial charge is 0.312 e. The van der Waals surface area contributed by atoms with Gasteiger partial charge >= 0.3 is 0 Å². The van der Waals surface area contributed by atoms with Gasteiger partial charge in [0.05, 0.1) is 0 Å². The summed E-state index contributed by atoms with van der Waals surface area (Å²) in [5.74, 6) is 0.755. The number of hydrogen-bond acceptors (Lipinski definition) is 2. The summed E-state index contributed by atoms with van der Waals surface area (Å²) in [6, 6.07) is 8.20. The molecular formula is C17H27ClN2. The van der Waals surface area contributed by atoms with E-state index in [0.29, 0.717) is 0 Å². The lowest BCUT2D eigenvalue weighted by Gasteiger charge is -2.34. The van der Waals surface area contributed by atoms with Gasteiger partial charge in [-0.15, -0.1) is 0 Å². The topological polar surface area (TPSA) is 15.3 Å². The molecule has 0 radical (unpaired) electrons. The fourth-order valence-electron chi connectivity index (χ4n) is 2.78. The highest BCUT2D eigenvalue weighted by Gasteiger charge is 2.21. The third-order valence-corrected chi connectivity index (χ3v) is 4.24. The van der Waals surface area contributed by atoms with Gasteiger partial charge < -0.3 is 5.32 Å². The molecule has 1 unspecified atom stereocenters. The van der Waals surface area contributed by atoms with E-state index in [-0.39, 0.29) is 5.54 Å². The van der Waals surface area contributed by atoms with Gasteiger partial charge in [0.2, 0.25) is 0 Å². The summed E-state index contributed by atoms with van der Waals surface area (Å²) < 4.78 is 0. The van der Waals surface area contributed by atoms with E-state index in [0.717, 1.165) is 24.0 Å². The van der Waals surface area contributed by atoms with Crippen molar-refractivity contribution >= 4 is 11.6 Å². The van der Waals surface area contributed by atoms with Crippen molar-refractivity contribution in [2.24, 2.45) is 5.92 Å². The molecule has 1 aliphatic heterocycles. The number of nitrogens with one attached hydrogen (secondary N) is 1. The quantitative estimate of drug-likeness (QED) is 0.905. The second-order valence-electron chi connectivity index (χ2n) is 6.97. The number of likely N-dealkylation sites (tertiary alicyclic amines) is 1. The van der Waals surface area contributed by atoms with Crippen LogP contribution in [0.4, 0.5) is 0 Å². The first-order chi connectivity index (χ1) is 9.44. The Kier molecular flexibility index (Phi) is 5.48. The maximum atomic E-state index is 6.26. The molecule has 0 amide bonds. The van der Waals surface area contributed by atoms with Crippen molar-refractivity contribution < 1.29 is 0 Å². The van der Waals surface area contributed by atoms with Crippen molar-refractivity contribution in [1.29, 1.82) is 0 Å². The Bertz CT molecular complexity index is 425. The number of rotatable bonds is 4. The molecule has 2 rings (SSSR count). The van der Waals surface area contributed by atoms with Crippen LogP contribution in [0.15, 0.2) is 24.3 Å². The third-order valence-electron chi connectivity index (χ3n) is 3.88. The van der Waals surface area contributed by atoms with Crippen molar-refractivity contribution in [2.45, 2.75) is 45.7 Å². The predicted octanol–water partition coefficient (Wildman–Crippen LogP) is 3.94. The first-order valence-electron chi connectivity index (χ1n) is 7.65. The Morgan fingerprint density at radius 3 is 2.75 bits per heavy atom. The molecule has 1 aliphatic rings. The molecular weight excluding hydrogens is 268 g/mol. The van der Waals surface area contributed by atoms with Gasteiger partial charge in [-0.05, 0) is 64.3 Å². The molecule has 1 aromatic carbocycles. The van der Waals surface area contributed by atoms with Crippen molar-refractivity contribution in [3.8, 4) is 0 Å². The van der Waals surface area contributed by atoms with E-state index in [1.54, 1.807) is 0 Å². The number of hydrogen-bond donors (Lipinski definition) is 1. The zero-order valence-corrected chi connectivity index (χ0v) is 13.7. The van der Waals surface area contributed by atoms with Gasteiger partial charge in [0.25, 0.3) is 0 Å². The lowest BCUT2D eigenvalue weighted by molar-refractivity contribution is 0.160. The van der Waals surface area contributed by atoms with Crippen molar-refractivity contribution in [3.05, 3.63) is 34.9 Å². The molecule has 1 saturated heterocycles. The van der Waals surface area contributed by atoms with Crippen LogP contribution in [0.3, 0.4) is 0 Å². The fourth-order valence-corrected chi connectivity index (χ4v) is 2.98. The second-order valence-corrected chi connectivity index (χ2v) is 7.37. The predicted molar refractivity (Wildman–Crippen MR) is 87.2 cm³/mol. The van der Waals surface area contributed by atoms with Gasteiger partial charge in [0.15, 0.2) is 0 Å². The summed E-state index contributed by atoms with van der Waals surface area (Å²) in [6.45, 7) is 11.2. The molecule has 0 saturated carbocycles. The molecule has 2 nitrogen and oxygen atoms in total. The van der Waals surface area contributed by atoms with Crippen LogP contribution < -0.4 is 5.32 Å². The summed E-state index contributed by atoms with van der Waals surface area (Å²) in [7, 11) is 0. The molecule has 3 heteroatoms. The minimum absolute atomic E-state index is 0.213. The molecule has 1 heterocycles. The van der Waals surface area contributed by atoms with Gasteiger partial charge in [-0.2, -0.15) is 0 Å². The van der Waals surface area contributed by atoms with E-state index >= 15 is 0 Å². The highest BCUT2D eigenvalue weighted by Crippen LogP contribution is 2.22. The Morgan fingerprint density at radius 1 is 1.30 bits per heavy atom. The summed E-state index contributed by atoms with van der Waals surface area (Å²) in [5.41, 5.74) is 1.46. The third kappa shape index (κ3) is 5.08. The molecule has 112 valence electrons. The van der Waals surface area contributed by atoms with Crippen LogP contribution in [0.5, 0.6) is 0 Å². The second kappa shape index (κ2) is 6.93. The standard InChI is InChI=1S/C17H27ClN2/c1-17(2,3)19-11-14-7-6-10-20(12-14)13-15-8-4-5-9-16(15)18/h4-5,8-9,14,19H,6-7,10-13H2,1-3H3. The maximum absolute atomic E-state index is 6.26. The van der Waals surface area contributed by atoms with Gasteiger partial charge in [0.1, 0.15) is 0 Å². The number of halogens is 1. The van der Waals surface area contributed by atoms with Crippen LogP contribution >= 0.6 is 11.6 Å². The van der Waals surface area contributed by atoms with Crippen LogP contribution in [0.2, 0.25) is 5.02 Å². The normalized spacial score (nSPS) is 21.1. The van der Waals surface area contributed by atoms with E-state index < -0.39 is 0 Å². The Labute approximate surface area is 128 Å². The van der Waals surface area contributed by atoms with Crippen molar-refractivity contribution in [1.82, 2.24) is 10.2 Å². The molecule has 1 atom stereocenters. The van der Waals surface area contributed by atoms with Gasteiger partial charge in [-0.25, -0.2) is 0 Å². The number of benzene rings is 1. The molecule has 0 aromatic heterocycles.